The fourth-order valence-corrected chi connectivity index (χ4v) is 3.73. The molecule has 4 rings (SSSR count). The highest BCUT2D eigenvalue weighted by atomic mass is 19.1. The third-order valence-electron chi connectivity index (χ3n) is 5.48. The number of hydrogen-bond acceptors (Lipinski definition) is 5. The van der Waals surface area contributed by atoms with E-state index in [4.69, 9.17) is 4.74 Å². The number of aliphatic hydroxyl groups excluding tert-OH is 1. The number of nitrogens with one attached hydrogen (secondary N) is 1. The van der Waals surface area contributed by atoms with Crippen molar-refractivity contribution >= 4 is 16.9 Å². The Labute approximate surface area is 188 Å². The van der Waals surface area contributed by atoms with E-state index in [1.165, 1.54) is 48.5 Å². The minimum atomic E-state index is -0.841. The second-order valence-electron chi connectivity index (χ2n) is 7.69. The van der Waals surface area contributed by atoms with Gasteiger partial charge >= 0.3 is 5.97 Å². The van der Waals surface area contributed by atoms with Gasteiger partial charge in [-0.15, -0.1) is 0 Å². The number of nitrogens with zero attached hydrogens (tertiary/aromatic N) is 2. The van der Waals surface area contributed by atoms with Gasteiger partial charge in [0.1, 0.15) is 11.6 Å². The number of imidazole rings is 1. The SMILES string of the molecule is COC(=O)CCC(O)Cc1cncn1-c1cc(Oc2c(F)cc3[nH]ccc3c2C)ccc1F. The van der Waals surface area contributed by atoms with Gasteiger partial charge in [0.2, 0.25) is 0 Å². The minimum absolute atomic E-state index is 0.0590. The van der Waals surface area contributed by atoms with Crippen molar-refractivity contribution in [2.75, 3.05) is 7.11 Å². The van der Waals surface area contributed by atoms with E-state index in [9.17, 15) is 18.7 Å². The molecule has 2 N–H and O–H groups in total. The van der Waals surface area contributed by atoms with Crippen LogP contribution in [0.4, 0.5) is 8.78 Å². The fourth-order valence-electron chi connectivity index (χ4n) is 3.73. The molecular formula is C24H23F2N3O4. The molecule has 0 amide bonds. The van der Waals surface area contributed by atoms with Gasteiger partial charge in [-0.3, -0.25) is 4.79 Å². The Morgan fingerprint density at radius 3 is 2.85 bits per heavy atom. The van der Waals surface area contributed by atoms with Gasteiger partial charge in [-0.2, -0.15) is 0 Å². The molecule has 1 unspecified atom stereocenters. The summed E-state index contributed by atoms with van der Waals surface area (Å²) in [5.41, 5.74) is 1.96. The number of carbonyl (C=O) groups is 1. The molecule has 1 atom stereocenters. The molecule has 0 fully saturated rings. The number of rotatable bonds is 8. The molecule has 0 saturated heterocycles. The number of carbonyl (C=O) groups excluding carboxylic acids is 1. The lowest BCUT2D eigenvalue weighted by Crippen LogP contribution is -2.15. The molecule has 2 heterocycles. The van der Waals surface area contributed by atoms with E-state index in [1.807, 2.05) is 6.07 Å². The molecule has 0 spiro atoms. The number of fused-ring (bicyclic) bond motifs is 1. The zero-order chi connectivity index (χ0) is 23.5. The van der Waals surface area contributed by atoms with E-state index in [-0.39, 0.29) is 36.4 Å². The Morgan fingerprint density at radius 1 is 1.24 bits per heavy atom. The maximum Gasteiger partial charge on any atom is 0.305 e. The molecule has 0 aliphatic rings. The highest BCUT2D eigenvalue weighted by Gasteiger charge is 2.17. The van der Waals surface area contributed by atoms with Crippen LogP contribution >= 0.6 is 0 Å². The largest absolute Gasteiger partial charge is 0.469 e. The molecule has 0 bridgehead atoms. The van der Waals surface area contributed by atoms with Crippen LogP contribution < -0.4 is 4.74 Å². The van der Waals surface area contributed by atoms with Gasteiger partial charge in [0.05, 0.1) is 25.2 Å². The molecule has 0 aliphatic heterocycles. The molecule has 2 aromatic carbocycles. The topological polar surface area (TPSA) is 89.4 Å². The summed E-state index contributed by atoms with van der Waals surface area (Å²) < 4.78 is 41.3. The molecule has 2 aromatic heterocycles. The number of aliphatic hydroxyl groups is 1. The highest BCUT2D eigenvalue weighted by molar-refractivity contribution is 5.85. The Morgan fingerprint density at radius 2 is 2.06 bits per heavy atom. The van der Waals surface area contributed by atoms with Gasteiger partial charge in [0.15, 0.2) is 11.6 Å². The number of esters is 1. The first kappa shape index (κ1) is 22.5. The van der Waals surface area contributed by atoms with Gasteiger partial charge < -0.3 is 24.1 Å². The normalized spacial score (nSPS) is 12.2. The van der Waals surface area contributed by atoms with Crippen molar-refractivity contribution < 1.29 is 28.2 Å². The second-order valence-corrected chi connectivity index (χ2v) is 7.69. The van der Waals surface area contributed by atoms with Crippen LogP contribution in [0.25, 0.3) is 16.6 Å². The summed E-state index contributed by atoms with van der Waals surface area (Å²) in [7, 11) is 1.28. The molecule has 4 aromatic rings. The van der Waals surface area contributed by atoms with Crippen molar-refractivity contribution in [3.8, 4) is 17.2 Å². The lowest BCUT2D eigenvalue weighted by atomic mass is 10.1. The maximum atomic E-state index is 14.7. The van der Waals surface area contributed by atoms with Crippen LogP contribution in [0.2, 0.25) is 0 Å². The summed E-state index contributed by atoms with van der Waals surface area (Å²) >= 11 is 0. The van der Waals surface area contributed by atoms with Gasteiger partial charge in [-0.1, -0.05) is 0 Å². The van der Waals surface area contributed by atoms with Crippen molar-refractivity contribution in [1.82, 2.24) is 14.5 Å². The van der Waals surface area contributed by atoms with Crippen molar-refractivity contribution in [3.63, 3.8) is 0 Å². The number of ether oxygens (including phenoxy) is 2. The smallest absolute Gasteiger partial charge is 0.305 e. The van der Waals surface area contributed by atoms with E-state index in [0.717, 1.165) is 5.39 Å². The summed E-state index contributed by atoms with van der Waals surface area (Å²) in [6.07, 6.45) is 4.23. The van der Waals surface area contributed by atoms with E-state index in [2.05, 4.69) is 14.7 Å². The van der Waals surface area contributed by atoms with E-state index in [1.54, 1.807) is 13.1 Å². The number of aromatic nitrogens is 3. The van der Waals surface area contributed by atoms with E-state index >= 15 is 0 Å². The number of halogens is 2. The average molecular weight is 455 g/mol. The number of methoxy groups -OCH3 is 1. The van der Waals surface area contributed by atoms with Gasteiger partial charge in [-0.05, 0) is 31.5 Å². The lowest BCUT2D eigenvalue weighted by Gasteiger charge is -2.15. The van der Waals surface area contributed by atoms with Crippen molar-refractivity contribution in [3.05, 3.63) is 71.9 Å². The Bertz CT molecular complexity index is 1300. The first-order valence-electron chi connectivity index (χ1n) is 10.4. The summed E-state index contributed by atoms with van der Waals surface area (Å²) in [6.45, 7) is 1.75. The molecular weight excluding hydrogens is 432 g/mol. The fraction of sp³-hybridized carbons (Fsp3) is 0.250. The second kappa shape index (κ2) is 9.41. The summed E-state index contributed by atoms with van der Waals surface area (Å²) in [4.78, 5) is 18.3. The van der Waals surface area contributed by atoms with Crippen LogP contribution in [-0.4, -0.2) is 38.8 Å². The molecule has 33 heavy (non-hydrogen) atoms. The van der Waals surface area contributed by atoms with Crippen LogP contribution in [0.5, 0.6) is 11.5 Å². The lowest BCUT2D eigenvalue weighted by molar-refractivity contribution is -0.141. The predicted octanol–water partition coefficient (Wildman–Crippen LogP) is 4.59. The van der Waals surface area contributed by atoms with Crippen LogP contribution in [0.15, 0.2) is 49.1 Å². The molecule has 0 saturated carbocycles. The number of aromatic amines is 1. The van der Waals surface area contributed by atoms with E-state index in [0.29, 0.717) is 16.8 Å². The van der Waals surface area contributed by atoms with Gasteiger partial charge in [0.25, 0.3) is 0 Å². The van der Waals surface area contributed by atoms with E-state index < -0.39 is 23.7 Å². The molecule has 0 radical (unpaired) electrons. The van der Waals surface area contributed by atoms with Crippen molar-refractivity contribution in [2.24, 2.45) is 0 Å². The third kappa shape index (κ3) is 4.73. The Balaban J connectivity index is 1.59. The third-order valence-corrected chi connectivity index (χ3v) is 5.48. The van der Waals surface area contributed by atoms with Crippen LogP contribution in [0.3, 0.4) is 0 Å². The Hall–Kier alpha value is -3.72. The van der Waals surface area contributed by atoms with Crippen molar-refractivity contribution in [1.29, 1.82) is 0 Å². The number of benzene rings is 2. The maximum absolute atomic E-state index is 14.7. The average Bonchev–Trinajstić information content (AvgIpc) is 3.45. The van der Waals surface area contributed by atoms with Gasteiger partial charge in [-0.25, -0.2) is 13.8 Å². The van der Waals surface area contributed by atoms with Crippen LogP contribution in [0, 0.1) is 18.6 Å². The van der Waals surface area contributed by atoms with Crippen LogP contribution in [-0.2, 0) is 16.0 Å². The van der Waals surface area contributed by atoms with Crippen molar-refractivity contribution in [2.45, 2.75) is 32.3 Å². The minimum Gasteiger partial charge on any atom is -0.469 e. The summed E-state index contributed by atoms with van der Waals surface area (Å²) in [5.74, 6) is -1.19. The predicted molar refractivity (Wildman–Crippen MR) is 118 cm³/mol. The zero-order valence-corrected chi connectivity index (χ0v) is 18.1. The molecule has 9 heteroatoms. The molecule has 172 valence electrons. The summed E-state index contributed by atoms with van der Waals surface area (Å²) in [6, 6.07) is 7.27. The standard InChI is InChI=1S/C24H23F2N3O4/c1-14-18-7-8-28-21(18)11-20(26)24(14)33-17-4-5-19(25)22(10-17)29-13-27-12-15(29)9-16(30)3-6-23(31)32-2/h4-5,7-8,10-13,16,28,30H,3,6,9H2,1-2H3. The summed E-state index contributed by atoms with van der Waals surface area (Å²) in [5, 5.41) is 11.1. The number of aryl methyl sites for hydroxylation is 1. The highest BCUT2D eigenvalue weighted by Crippen LogP contribution is 2.34. The molecule has 7 nitrogen and oxygen atoms in total. The zero-order valence-electron chi connectivity index (χ0n) is 18.1. The molecule has 0 aliphatic carbocycles. The Kier molecular flexibility index (Phi) is 6.41. The number of H-pyrrole nitrogens is 1. The first-order valence-corrected chi connectivity index (χ1v) is 10.4. The first-order chi connectivity index (χ1) is 15.9. The van der Waals surface area contributed by atoms with Gasteiger partial charge in [0, 0.05) is 59.5 Å². The van der Waals surface area contributed by atoms with Crippen LogP contribution in [0.1, 0.15) is 24.1 Å². The quantitative estimate of drug-likeness (QED) is 0.380. The monoisotopic (exact) mass is 455 g/mol. The number of hydrogen-bond donors (Lipinski definition) is 2.